The second-order valence-electron chi connectivity index (χ2n) is 7.51. The smallest absolute Gasteiger partial charge is 0.256 e. The number of aromatic nitrogens is 1. The molecule has 4 rings (SSSR count). The number of hydrogen-bond donors (Lipinski definition) is 1. The largest absolute Gasteiger partial charge is 0.373 e. The average Bonchev–Trinajstić information content (AvgIpc) is 2.70. The fraction of sp³-hybridized carbons (Fsp3) is 0.273. The van der Waals surface area contributed by atoms with E-state index in [9.17, 15) is 14.0 Å². The fourth-order valence-corrected chi connectivity index (χ4v) is 3.84. The summed E-state index contributed by atoms with van der Waals surface area (Å²) < 4.78 is 19.8. The number of likely N-dealkylation sites (N-methyl/N-ethyl adjacent to an activating group) is 1. The Bertz CT molecular complexity index is 1180. The zero-order valence-electron chi connectivity index (χ0n) is 16.5. The Labute approximate surface area is 168 Å². The minimum absolute atomic E-state index is 0.171. The highest BCUT2D eigenvalue weighted by Crippen LogP contribution is 2.33. The zero-order chi connectivity index (χ0) is 20.9. The van der Waals surface area contributed by atoms with Crippen molar-refractivity contribution in [2.24, 2.45) is 0 Å². The Kier molecular flexibility index (Phi) is 4.78. The van der Waals surface area contributed by atoms with Gasteiger partial charge in [-0.05, 0) is 36.9 Å². The molecule has 0 bridgehead atoms. The number of hydrogen-bond acceptors (Lipinski definition) is 3. The number of carbonyl (C=O) groups is 1. The molecular weight excluding hydrogens is 370 g/mol. The number of aromatic amines is 1. The lowest BCUT2D eigenvalue weighted by Crippen LogP contribution is -2.38. The standard InChI is InChI=1S/C22H20BFN2O3/c1-11-4-5-14-15(6-11)21(27)25-18-9-29-10-19(20(14)18)26(3)22(28)13-7-16(23)12(2)17(24)8-13/h4-8,19H,9-10H2,1-3H3,(H,25,27). The van der Waals surface area contributed by atoms with Gasteiger partial charge in [0.25, 0.3) is 11.5 Å². The Morgan fingerprint density at radius 1 is 1.24 bits per heavy atom. The maximum absolute atomic E-state index is 14.1. The van der Waals surface area contributed by atoms with Crippen molar-refractivity contribution in [3.05, 3.63) is 74.5 Å². The SMILES string of the molecule is [B]c1cc(C(=O)N(C)C2COCc3[nH]c(=O)c4cc(C)ccc4c32)cc(F)c1C. The molecule has 7 heteroatoms. The van der Waals surface area contributed by atoms with E-state index in [1.807, 2.05) is 25.1 Å². The van der Waals surface area contributed by atoms with Crippen LogP contribution in [0.4, 0.5) is 4.39 Å². The molecule has 0 aliphatic carbocycles. The number of aryl methyl sites for hydroxylation is 1. The third kappa shape index (κ3) is 3.25. The lowest BCUT2D eigenvalue weighted by atomic mass is 9.88. The Hall–Kier alpha value is -2.93. The van der Waals surface area contributed by atoms with Gasteiger partial charge in [0, 0.05) is 29.3 Å². The Morgan fingerprint density at radius 3 is 2.72 bits per heavy atom. The van der Waals surface area contributed by atoms with Crippen LogP contribution in [-0.4, -0.2) is 37.3 Å². The maximum Gasteiger partial charge on any atom is 0.256 e. The van der Waals surface area contributed by atoms with Gasteiger partial charge in [0.2, 0.25) is 0 Å². The number of nitrogens with zero attached hydrogens (tertiary/aromatic N) is 1. The van der Waals surface area contributed by atoms with E-state index in [2.05, 4.69) is 4.98 Å². The molecule has 1 aliphatic rings. The minimum Gasteiger partial charge on any atom is -0.373 e. The molecule has 0 fully saturated rings. The molecule has 5 nitrogen and oxygen atoms in total. The summed E-state index contributed by atoms with van der Waals surface area (Å²) in [5.74, 6) is -0.893. The normalized spacial score (nSPS) is 15.9. The number of carbonyl (C=O) groups excluding carboxylic acids is 1. The molecule has 1 N–H and O–H groups in total. The number of fused-ring (bicyclic) bond motifs is 3. The number of nitrogens with one attached hydrogen (secondary N) is 1. The summed E-state index contributed by atoms with van der Waals surface area (Å²) >= 11 is 0. The van der Waals surface area contributed by atoms with E-state index in [0.29, 0.717) is 16.6 Å². The molecule has 1 aromatic heterocycles. The first-order valence-electron chi connectivity index (χ1n) is 9.34. The topological polar surface area (TPSA) is 62.4 Å². The van der Waals surface area contributed by atoms with Gasteiger partial charge in [-0.2, -0.15) is 0 Å². The second-order valence-corrected chi connectivity index (χ2v) is 7.51. The second kappa shape index (κ2) is 7.15. The first kappa shape index (κ1) is 19.4. The molecule has 3 aromatic rings. The van der Waals surface area contributed by atoms with Crippen LogP contribution in [0.3, 0.4) is 0 Å². The number of amides is 1. The number of benzene rings is 2. The van der Waals surface area contributed by atoms with Gasteiger partial charge in [-0.1, -0.05) is 29.2 Å². The third-order valence-corrected chi connectivity index (χ3v) is 5.57. The van der Waals surface area contributed by atoms with E-state index in [4.69, 9.17) is 12.6 Å². The molecule has 1 aliphatic heterocycles. The molecule has 2 aromatic carbocycles. The van der Waals surface area contributed by atoms with Crippen LogP contribution in [0.15, 0.2) is 35.1 Å². The van der Waals surface area contributed by atoms with Crippen molar-refractivity contribution >= 4 is 30.0 Å². The molecule has 0 spiro atoms. The summed E-state index contributed by atoms with van der Waals surface area (Å²) in [7, 11) is 7.49. The molecule has 29 heavy (non-hydrogen) atoms. The number of ether oxygens (including phenoxy) is 1. The molecule has 2 heterocycles. The van der Waals surface area contributed by atoms with Crippen molar-refractivity contribution in [3.63, 3.8) is 0 Å². The van der Waals surface area contributed by atoms with Crippen LogP contribution in [0.2, 0.25) is 0 Å². The molecule has 1 atom stereocenters. The summed E-state index contributed by atoms with van der Waals surface area (Å²) in [6.07, 6.45) is 0. The van der Waals surface area contributed by atoms with Gasteiger partial charge in [-0.25, -0.2) is 4.39 Å². The number of pyridine rings is 1. The van der Waals surface area contributed by atoms with E-state index in [0.717, 1.165) is 16.5 Å². The van der Waals surface area contributed by atoms with E-state index in [1.54, 1.807) is 14.0 Å². The lowest BCUT2D eigenvalue weighted by molar-refractivity contribution is 0.0335. The van der Waals surface area contributed by atoms with Gasteiger partial charge in [-0.15, -0.1) is 0 Å². The van der Waals surface area contributed by atoms with Crippen molar-refractivity contribution in [1.82, 2.24) is 9.88 Å². The molecule has 1 amide bonds. The Balaban J connectivity index is 1.82. The lowest BCUT2D eigenvalue weighted by Gasteiger charge is -2.34. The molecule has 1 unspecified atom stereocenters. The number of rotatable bonds is 2. The predicted octanol–water partition coefficient (Wildman–Crippen LogP) is 2.42. The van der Waals surface area contributed by atoms with Crippen LogP contribution in [0.1, 0.15) is 38.8 Å². The summed E-state index contributed by atoms with van der Waals surface area (Å²) in [5.41, 5.74) is 3.00. The first-order chi connectivity index (χ1) is 13.8. The van der Waals surface area contributed by atoms with Crippen molar-refractivity contribution in [2.75, 3.05) is 13.7 Å². The third-order valence-electron chi connectivity index (χ3n) is 5.57. The Morgan fingerprint density at radius 2 is 2.00 bits per heavy atom. The highest BCUT2D eigenvalue weighted by Gasteiger charge is 2.31. The quantitative estimate of drug-likeness (QED) is 0.684. The van der Waals surface area contributed by atoms with E-state index < -0.39 is 11.9 Å². The highest BCUT2D eigenvalue weighted by atomic mass is 19.1. The number of halogens is 1. The summed E-state index contributed by atoms with van der Waals surface area (Å²) in [6, 6.07) is 7.92. The average molecular weight is 390 g/mol. The highest BCUT2D eigenvalue weighted by molar-refractivity contribution is 6.33. The van der Waals surface area contributed by atoms with E-state index in [-0.39, 0.29) is 35.7 Å². The van der Waals surface area contributed by atoms with Gasteiger partial charge in [0.15, 0.2) is 0 Å². The maximum atomic E-state index is 14.1. The van der Waals surface area contributed by atoms with Crippen LogP contribution < -0.4 is 11.0 Å². The van der Waals surface area contributed by atoms with Crippen molar-refractivity contribution in [3.8, 4) is 0 Å². The number of H-pyrrole nitrogens is 1. The van der Waals surface area contributed by atoms with Crippen LogP contribution >= 0.6 is 0 Å². The fourth-order valence-electron chi connectivity index (χ4n) is 3.84. The van der Waals surface area contributed by atoms with Gasteiger partial charge in [0.05, 0.1) is 19.3 Å². The minimum atomic E-state index is -0.521. The van der Waals surface area contributed by atoms with Crippen LogP contribution in [0.5, 0.6) is 0 Å². The molecule has 146 valence electrons. The van der Waals surface area contributed by atoms with Gasteiger partial charge in [-0.3, -0.25) is 9.59 Å². The predicted molar refractivity (Wildman–Crippen MR) is 110 cm³/mol. The van der Waals surface area contributed by atoms with E-state index in [1.165, 1.54) is 17.0 Å². The molecule has 0 saturated heterocycles. The molecule has 2 radical (unpaired) electrons. The van der Waals surface area contributed by atoms with Crippen LogP contribution in [-0.2, 0) is 11.3 Å². The first-order valence-corrected chi connectivity index (χ1v) is 9.34. The summed E-state index contributed by atoms with van der Waals surface area (Å²) in [5, 5.41) is 1.36. The van der Waals surface area contributed by atoms with E-state index >= 15 is 0 Å². The van der Waals surface area contributed by atoms with Crippen LogP contribution in [0, 0.1) is 19.7 Å². The van der Waals surface area contributed by atoms with Crippen molar-refractivity contribution in [2.45, 2.75) is 26.5 Å². The summed E-state index contributed by atoms with van der Waals surface area (Å²) in [4.78, 5) is 30.0. The monoisotopic (exact) mass is 390 g/mol. The van der Waals surface area contributed by atoms with Crippen molar-refractivity contribution < 1.29 is 13.9 Å². The van der Waals surface area contributed by atoms with Crippen LogP contribution in [0.25, 0.3) is 10.8 Å². The van der Waals surface area contributed by atoms with Gasteiger partial charge < -0.3 is 14.6 Å². The molecule has 0 saturated carbocycles. The van der Waals surface area contributed by atoms with Gasteiger partial charge in [0.1, 0.15) is 13.7 Å². The zero-order valence-corrected chi connectivity index (χ0v) is 16.5. The summed E-state index contributed by atoms with van der Waals surface area (Å²) in [6.45, 7) is 4.02. The molecular formula is C22H20BFN2O3. The van der Waals surface area contributed by atoms with Crippen molar-refractivity contribution in [1.29, 1.82) is 0 Å². The van der Waals surface area contributed by atoms with Gasteiger partial charge >= 0.3 is 0 Å².